The van der Waals surface area contributed by atoms with Crippen molar-refractivity contribution >= 4 is 11.6 Å². The maximum atomic E-state index is 12.3. The molecule has 1 aromatic carbocycles. The summed E-state index contributed by atoms with van der Waals surface area (Å²) >= 11 is 0. The number of hydrogen-bond donors (Lipinski definition) is 1. The highest BCUT2D eigenvalue weighted by Gasteiger charge is 2.16. The molecule has 1 N–H and O–H groups in total. The molecular formula is C15H24N2O. The minimum Gasteiger partial charge on any atom is -0.314 e. The Kier molecular flexibility index (Phi) is 5.86. The van der Waals surface area contributed by atoms with E-state index in [1.807, 2.05) is 43.9 Å². The number of carbonyl (C=O) groups excluding carboxylic acids is 1. The summed E-state index contributed by atoms with van der Waals surface area (Å²) in [6.45, 7) is 9.76. The average molecular weight is 248 g/mol. The van der Waals surface area contributed by atoms with Crippen LogP contribution in [0.1, 0.15) is 32.8 Å². The standard InChI is InChI=1S/C15H24N2O/c1-5-16-13(4)11-15(18)17(6-2)14-9-7-8-12(3)10-14/h7-10,13,16H,5-6,11H2,1-4H3. The maximum absolute atomic E-state index is 12.3. The molecule has 0 saturated heterocycles. The van der Waals surface area contributed by atoms with Crippen LogP contribution in [0.2, 0.25) is 0 Å². The quantitative estimate of drug-likeness (QED) is 0.839. The highest BCUT2D eigenvalue weighted by atomic mass is 16.2. The minimum atomic E-state index is 0.177. The lowest BCUT2D eigenvalue weighted by atomic mass is 10.1. The van der Waals surface area contributed by atoms with Gasteiger partial charge in [0.2, 0.25) is 5.91 Å². The molecule has 0 spiro atoms. The predicted molar refractivity (Wildman–Crippen MR) is 77.0 cm³/mol. The molecular weight excluding hydrogens is 224 g/mol. The molecule has 0 saturated carbocycles. The van der Waals surface area contributed by atoms with Gasteiger partial charge in [-0.1, -0.05) is 19.1 Å². The Hall–Kier alpha value is -1.35. The van der Waals surface area contributed by atoms with E-state index in [2.05, 4.69) is 18.3 Å². The highest BCUT2D eigenvalue weighted by Crippen LogP contribution is 2.17. The number of nitrogens with zero attached hydrogens (tertiary/aromatic N) is 1. The molecule has 0 bridgehead atoms. The zero-order valence-electron chi connectivity index (χ0n) is 11.9. The third kappa shape index (κ3) is 4.15. The van der Waals surface area contributed by atoms with E-state index in [9.17, 15) is 4.79 Å². The molecule has 0 aliphatic heterocycles. The number of amides is 1. The van der Waals surface area contributed by atoms with Gasteiger partial charge in [-0.05, 0) is 45.0 Å². The van der Waals surface area contributed by atoms with Crippen LogP contribution >= 0.6 is 0 Å². The number of aryl methyl sites for hydroxylation is 1. The van der Waals surface area contributed by atoms with Gasteiger partial charge in [0.1, 0.15) is 0 Å². The molecule has 1 unspecified atom stereocenters. The number of rotatable bonds is 6. The first-order chi connectivity index (χ1) is 8.58. The summed E-state index contributed by atoms with van der Waals surface area (Å²) in [5, 5.41) is 3.27. The average Bonchev–Trinajstić information content (AvgIpc) is 2.30. The highest BCUT2D eigenvalue weighted by molar-refractivity contribution is 5.93. The molecule has 0 aliphatic carbocycles. The van der Waals surface area contributed by atoms with Gasteiger partial charge in [-0.25, -0.2) is 0 Å². The molecule has 1 rings (SSSR count). The van der Waals surface area contributed by atoms with E-state index >= 15 is 0 Å². The number of benzene rings is 1. The van der Waals surface area contributed by atoms with E-state index < -0.39 is 0 Å². The predicted octanol–water partition coefficient (Wildman–Crippen LogP) is 2.74. The van der Waals surface area contributed by atoms with E-state index in [-0.39, 0.29) is 11.9 Å². The molecule has 1 atom stereocenters. The van der Waals surface area contributed by atoms with E-state index in [0.29, 0.717) is 13.0 Å². The van der Waals surface area contributed by atoms with Gasteiger partial charge in [-0.3, -0.25) is 4.79 Å². The normalized spacial score (nSPS) is 12.2. The van der Waals surface area contributed by atoms with Gasteiger partial charge in [0, 0.05) is 24.7 Å². The monoisotopic (exact) mass is 248 g/mol. The second kappa shape index (κ2) is 7.17. The van der Waals surface area contributed by atoms with Crippen molar-refractivity contribution in [3.63, 3.8) is 0 Å². The van der Waals surface area contributed by atoms with Crippen LogP contribution in [0, 0.1) is 6.92 Å². The number of nitrogens with one attached hydrogen (secondary N) is 1. The first kappa shape index (κ1) is 14.7. The molecule has 1 aromatic rings. The Morgan fingerprint density at radius 2 is 2.11 bits per heavy atom. The molecule has 0 heterocycles. The Morgan fingerprint density at radius 1 is 1.39 bits per heavy atom. The van der Waals surface area contributed by atoms with Crippen LogP contribution in [0.15, 0.2) is 24.3 Å². The smallest absolute Gasteiger partial charge is 0.228 e. The second-order valence-corrected chi connectivity index (χ2v) is 4.64. The van der Waals surface area contributed by atoms with Gasteiger partial charge in [-0.15, -0.1) is 0 Å². The summed E-state index contributed by atoms with van der Waals surface area (Å²) in [5.41, 5.74) is 2.17. The molecule has 100 valence electrons. The van der Waals surface area contributed by atoms with Crippen molar-refractivity contribution in [1.82, 2.24) is 5.32 Å². The van der Waals surface area contributed by atoms with Crippen molar-refractivity contribution in [2.45, 2.75) is 40.2 Å². The van der Waals surface area contributed by atoms with Crippen molar-refractivity contribution in [1.29, 1.82) is 0 Å². The Labute approximate surface area is 110 Å². The van der Waals surface area contributed by atoms with Crippen molar-refractivity contribution in [3.05, 3.63) is 29.8 Å². The fourth-order valence-electron chi connectivity index (χ4n) is 2.09. The molecule has 0 aromatic heterocycles. The molecule has 0 fully saturated rings. The van der Waals surface area contributed by atoms with Gasteiger partial charge in [0.15, 0.2) is 0 Å². The van der Waals surface area contributed by atoms with Crippen LogP contribution in [-0.2, 0) is 4.79 Å². The van der Waals surface area contributed by atoms with Gasteiger partial charge in [-0.2, -0.15) is 0 Å². The third-order valence-electron chi connectivity index (χ3n) is 2.96. The van der Waals surface area contributed by atoms with Gasteiger partial charge in [0.05, 0.1) is 0 Å². The Morgan fingerprint density at radius 3 is 2.67 bits per heavy atom. The molecule has 1 amide bonds. The van der Waals surface area contributed by atoms with E-state index in [1.165, 1.54) is 5.56 Å². The summed E-state index contributed by atoms with van der Waals surface area (Å²) in [5.74, 6) is 0.177. The van der Waals surface area contributed by atoms with Crippen LogP contribution in [-0.4, -0.2) is 25.0 Å². The largest absolute Gasteiger partial charge is 0.314 e. The first-order valence-corrected chi connectivity index (χ1v) is 6.68. The Balaban J connectivity index is 2.74. The first-order valence-electron chi connectivity index (χ1n) is 6.68. The van der Waals surface area contributed by atoms with Crippen molar-refractivity contribution in [2.24, 2.45) is 0 Å². The molecule has 0 radical (unpaired) electrons. The van der Waals surface area contributed by atoms with Crippen molar-refractivity contribution < 1.29 is 4.79 Å². The maximum Gasteiger partial charge on any atom is 0.228 e. The Bertz CT molecular complexity index is 390. The van der Waals surface area contributed by atoms with Crippen LogP contribution in [0.3, 0.4) is 0 Å². The minimum absolute atomic E-state index is 0.177. The lowest BCUT2D eigenvalue weighted by molar-refractivity contribution is -0.119. The molecule has 3 nitrogen and oxygen atoms in total. The van der Waals surface area contributed by atoms with Crippen molar-refractivity contribution in [2.75, 3.05) is 18.0 Å². The summed E-state index contributed by atoms with van der Waals surface area (Å²) in [6.07, 6.45) is 0.537. The molecule has 18 heavy (non-hydrogen) atoms. The summed E-state index contributed by atoms with van der Waals surface area (Å²) in [4.78, 5) is 14.1. The van der Waals surface area contributed by atoms with E-state index in [4.69, 9.17) is 0 Å². The van der Waals surface area contributed by atoms with Crippen LogP contribution in [0.4, 0.5) is 5.69 Å². The fraction of sp³-hybridized carbons (Fsp3) is 0.533. The summed E-state index contributed by atoms with van der Waals surface area (Å²) < 4.78 is 0. The summed E-state index contributed by atoms with van der Waals surface area (Å²) in [6, 6.07) is 8.31. The molecule has 0 aliphatic rings. The van der Waals surface area contributed by atoms with E-state index in [0.717, 1.165) is 12.2 Å². The van der Waals surface area contributed by atoms with E-state index in [1.54, 1.807) is 0 Å². The van der Waals surface area contributed by atoms with Crippen LogP contribution < -0.4 is 10.2 Å². The fourth-order valence-corrected chi connectivity index (χ4v) is 2.09. The molecule has 3 heteroatoms. The topological polar surface area (TPSA) is 32.3 Å². The second-order valence-electron chi connectivity index (χ2n) is 4.64. The van der Waals surface area contributed by atoms with Crippen LogP contribution in [0.25, 0.3) is 0 Å². The van der Waals surface area contributed by atoms with Crippen molar-refractivity contribution in [3.8, 4) is 0 Å². The van der Waals surface area contributed by atoms with Crippen LogP contribution in [0.5, 0.6) is 0 Å². The zero-order valence-corrected chi connectivity index (χ0v) is 11.9. The van der Waals surface area contributed by atoms with Gasteiger partial charge in [0.25, 0.3) is 0 Å². The third-order valence-corrected chi connectivity index (χ3v) is 2.96. The van der Waals surface area contributed by atoms with Gasteiger partial charge < -0.3 is 10.2 Å². The lowest BCUT2D eigenvalue weighted by Crippen LogP contribution is -2.37. The number of carbonyl (C=O) groups is 1. The SMILES string of the molecule is CCNC(C)CC(=O)N(CC)c1cccc(C)c1. The summed E-state index contributed by atoms with van der Waals surface area (Å²) in [7, 11) is 0. The van der Waals surface area contributed by atoms with Gasteiger partial charge >= 0.3 is 0 Å². The number of anilines is 1. The zero-order chi connectivity index (χ0) is 13.5. The lowest BCUT2D eigenvalue weighted by Gasteiger charge is -2.23. The number of hydrogen-bond acceptors (Lipinski definition) is 2.